The molecule has 2 rings (SSSR count). The van der Waals surface area contributed by atoms with E-state index in [1.165, 1.54) is 0 Å². The summed E-state index contributed by atoms with van der Waals surface area (Å²) in [4.78, 5) is 12.1. The first-order chi connectivity index (χ1) is 8.40. The van der Waals surface area contributed by atoms with Crippen LogP contribution in [0.25, 0.3) is 0 Å². The molecule has 0 fully saturated rings. The van der Waals surface area contributed by atoms with Crippen molar-refractivity contribution in [1.29, 1.82) is 0 Å². The van der Waals surface area contributed by atoms with Crippen LogP contribution < -0.4 is 0 Å². The number of hydrogen-bond donors (Lipinski definition) is 3. The molecule has 0 radical (unpaired) electrons. The van der Waals surface area contributed by atoms with Crippen molar-refractivity contribution in [3.05, 3.63) is 33.9 Å². The summed E-state index contributed by atoms with van der Waals surface area (Å²) in [6.07, 6.45) is -1.76. The van der Waals surface area contributed by atoms with E-state index in [0.29, 0.717) is 22.3 Å². The topological polar surface area (TPSA) is 77.8 Å². The van der Waals surface area contributed by atoms with E-state index in [4.69, 9.17) is 5.11 Å². The second kappa shape index (κ2) is 4.46. The number of aliphatic hydroxyl groups is 3. The average Bonchev–Trinajstić information content (AvgIpc) is 2.54. The lowest BCUT2D eigenvalue weighted by Gasteiger charge is -2.18. The lowest BCUT2D eigenvalue weighted by Crippen LogP contribution is -2.11. The maximum atomic E-state index is 12.1. The second-order valence-corrected chi connectivity index (χ2v) is 4.99. The minimum Gasteiger partial charge on any atom is -0.393 e. The Morgan fingerprint density at radius 1 is 1.39 bits per heavy atom. The SMILES string of the molecule is Cc1cc2c(c(C)c1[C@H](O)CO)C(=O)[C@@H](C)[C@@H]2O. The molecule has 0 aliphatic heterocycles. The number of benzene rings is 1. The molecule has 0 heterocycles. The molecule has 0 saturated carbocycles. The van der Waals surface area contributed by atoms with Gasteiger partial charge in [0.2, 0.25) is 0 Å². The number of hydrogen-bond acceptors (Lipinski definition) is 4. The lowest BCUT2D eigenvalue weighted by atomic mass is 9.91. The van der Waals surface area contributed by atoms with Gasteiger partial charge in [0.25, 0.3) is 0 Å². The number of aliphatic hydroxyl groups excluding tert-OH is 3. The maximum absolute atomic E-state index is 12.1. The fourth-order valence-corrected chi connectivity index (χ4v) is 2.83. The number of carbonyl (C=O) groups is 1. The first-order valence-electron chi connectivity index (χ1n) is 6.05. The quantitative estimate of drug-likeness (QED) is 0.737. The number of Topliss-reactive ketones (excluding diaryl/α,β-unsaturated/α-hetero) is 1. The van der Waals surface area contributed by atoms with E-state index in [0.717, 1.165) is 5.56 Å². The van der Waals surface area contributed by atoms with E-state index in [1.54, 1.807) is 19.9 Å². The van der Waals surface area contributed by atoms with Crippen molar-refractivity contribution in [2.75, 3.05) is 6.61 Å². The van der Waals surface area contributed by atoms with Crippen LogP contribution >= 0.6 is 0 Å². The van der Waals surface area contributed by atoms with E-state index in [1.807, 2.05) is 6.92 Å². The summed E-state index contributed by atoms with van der Waals surface area (Å²) in [5.41, 5.74) is 3.18. The summed E-state index contributed by atoms with van der Waals surface area (Å²) in [7, 11) is 0. The third-order valence-corrected chi connectivity index (χ3v) is 3.82. The number of rotatable bonds is 2. The third-order valence-electron chi connectivity index (χ3n) is 3.82. The molecule has 0 spiro atoms. The van der Waals surface area contributed by atoms with Gasteiger partial charge in [-0.2, -0.15) is 0 Å². The van der Waals surface area contributed by atoms with Crippen LogP contribution in [-0.2, 0) is 0 Å². The molecule has 1 aromatic rings. The van der Waals surface area contributed by atoms with Gasteiger partial charge >= 0.3 is 0 Å². The van der Waals surface area contributed by atoms with Crippen molar-refractivity contribution < 1.29 is 20.1 Å². The van der Waals surface area contributed by atoms with Crippen LogP contribution in [0.3, 0.4) is 0 Å². The molecule has 18 heavy (non-hydrogen) atoms. The van der Waals surface area contributed by atoms with E-state index >= 15 is 0 Å². The van der Waals surface area contributed by atoms with Gasteiger partial charge in [0, 0.05) is 11.5 Å². The van der Waals surface area contributed by atoms with Gasteiger partial charge in [-0.25, -0.2) is 0 Å². The Balaban J connectivity index is 2.69. The fraction of sp³-hybridized carbons (Fsp3) is 0.500. The van der Waals surface area contributed by atoms with Crippen molar-refractivity contribution in [3.8, 4) is 0 Å². The first kappa shape index (κ1) is 13.2. The van der Waals surface area contributed by atoms with Gasteiger partial charge in [0.1, 0.15) is 6.10 Å². The van der Waals surface area contributed by atoms with E-state index in [9.17, 15) is 15.0 Å². The predicted molar refractivity (Wildman–Crippen MR) is 66.4 cm³/mol. The van der Waals surface area contributed by atoms with Gasteiger partial charge in [-0.05, 0) is 36.1 Å². The molecule has 3 N–H and O–H groups in total. The Morgan fingerprint density at radius 3 is 2.56 bits per heavy atom. The minimum atomic E-state index is -0.990. The highest BCUT2D eigenvalue weighted by Gasteiger charge is 2.38. The standard InChI is InChI=1S/C14H18O4/c1-6-4-9-12(14(18)8(3)13(9)17)7(2)11(6)10(16)5-15/h4,8,10,13,15-17H,5H2,1-3H3/t8-,10+,13-/m0/s1. The average molecular weight is 250 g/mol. The molecule has 0 unspecified atom stereocenters. The summed E-state index contributed by atoms with van der Waals surface area (Å²) in [5.74, 6) is -0.541. The minimum absolute atomic E-state index is 0.0959. The van der Waals surface area contributed by atoms with Gasteiger partial charge in [-0.3, -0.25) is 4.79 Å². The van der Waals surface area contributed by atoms with Crippen molar-refractivity contribution in [2.24, 2.45) is 5.92 Å². The van der Waals surface area contributed by atoms with E-state index < -0.39 is 18.1 Å². The van der Waals surface area contributed by atoms with Crippen LogP contribution in [0.5, 0.6) is 0 Å². The lowest BCUT2D eigenvalue weighted by molar-refractivity contribution is 0.0790. The normalized spacial score (nSPS) is 24.2. The molecule has 1 aliphatic rings. The van der Waals surface area contributed by atoms with Gasteiger partial charge in [0.15, 0.2) is 5.78 Å². The highest BCUT2D eigenvalue weighted by molar-refractivity contribution is 6.04. The highest BCUT2D eigenvalue weighted by Crippen LogP contribution is 2.40. The van der Waals surface area contributed by atoms with Gasteiger partial charge in [-0.1, -0.05) is 13.0 Å². The Kier molecular flexibility index (Phi) is 3.27. The molecule has 0 aromatic heterocycles. The summed E-state index contributed by atoms with van der Waals surface area (Å²) in [6.45, 7) is 4.88. The molecular weight excluding hydrogens is 232 g/mol. The molecule has 3 atom stereocenters. The summed E-state index contributed by atoms with van der Waals surface area (Å²) in [5, 5.41) is 28.9. The number of carbonyl (C=O) groups excluding carboxylic acids is 1. The Hall–Kier alpha value is -1.23. The summed E-state index contributed by atoms with van der Waals surface area (Å²) < 4.78 is 0. The summed E-state index contributed by atoms with van der Waals surface area (Å²) in [6, 6.07) is 1.74. The Bertz CT molecular complexity index is 507. The Morgan fingerprint density at radius 2 is 2.00 bits per heavy atom. The molecule has 4 nitrogen and oxygen atoms in total. The van der Waals surface area contributed by atoms with Crippen LogP contribution in [0.2, 0.25) is 0 Å². The highest BCUT2D eigenvalue weighted by atomic mass is 16.3. The molecule has 98 valence electrons. The predicted octanol–water partition coefficient (Wildman–Crippen LogP) is 1.19. The van der Waals surface area contributed by atoms with Crippen molar-refractivity contribution >= 4 is 5.78 Å². The fourth-order valence-electron chi connectivity index (χ4n) is 2.83. The Labute approximate surface area is 106 Å². The number of fused-ring (bicyclic) bond motifs is 1. The van der Waals surface area contributed by atoms with Crippen molar-refractivity contribution in [3.63, 3.8) is 0 Å². The van der Waals surface area contributed by atoms with Crippen LogP contribution in [0.4, 0.5) is 0 Å². The van der Waals surface area contributed by atoms with Crippen LogP contribution in [0.1, 0.15) is 51.7 Å². The van der Waals surface area contributed by atoms with Crippen LogP contribution in [-0.4, -0.2) is 27.7 Å². The third kappa shape index (κ3) is 1.68. The van der Waals surface area contributed by atoms with Gasteiger partial charge in [-0.15, -0.1) is 0 Å². The molecule has 0 saturated heterocycles. The number of ketones is 1. The van der Waals surface area contributed by atoms with Crippen molar-refractivity contribution in [1.82, 2.24) is 0 Å². The smallest absolute Gasteiger partial charge is 0.169 e. The van der Waals surface area contributed by atoms with Crippen LogP contribution in [0, 0.1) is 19.8 Å². The van der Waals surface area contributed by atoms with Gasteiger partial charge in [0.05, 0.1) is 12.7 Å². The van der Waals surface area contributed by atoms with E-state index in [-0.39, 0.29) is 12.4 Å². The zero-order valence-corrected chi connectivity index (χ0v) is 10.8. The molecular formula is C14H18O4. The second-order valence-electron chi connectivity index (χ2n) is 4.99. The number of aryl methyl sites for hydroxylation is 1. The molecule has 0 amide bonds. The first-order valence-corrected chi connectivity index (χ1v) is 6.05. The van der Waals surface area contributed by atoms with Gasteiger partial charge < -0.3 is 15.3 Å². The zero-order valence-electron chi connectivity index (χ0n) is 10.8. The molecule has 1 aliphatic carbocycles. The largest absolute Gasteiger partial charge is 0.393 e. The van der Waals surface area contributed by atoms with E-state index in [2.05, 4.69) is 0 Å². The zero-order chi connectivity index (χ0) is 13.6. The summed E-state index contributed by atoms with van der Waals surface area (Å²) >= 11 is 0. The van der Waals surface area contributed by atoms with Crippen molar-refractivity contribution in [2.45, 2.75) is 33.0 Å². The van der Waals surface area contributed by atoms with Crippen LogP contribution in [0.15, 0.2) is 6.07 Å². The molecule has 1 aromatic carbocycles. The monoisotopic (exact) mass is 250 g/mol. The maximum Gasteiger partial charge on any atom is 0.169 e. The molecule has 4 heteroatoms. The molecule has 0 bridgehead atoms.